The Bertz CT molecular complexity index is 847. The molecule has 2 heterocycles. The third-order valence-electron chi connectivity index (χ3n) is 7.45. The molecule has 0 unspecified atom stereocenters. The number of carbonyl (C=O) groups excluding carboxylic acids is 2. The Labute approximate surface area is 252 Å². The van der Waals surface area contributed by atoms with E-state index in [-0.39, 0.29) is 30.1 Å². The largest absolute Gasteiger partial charge is 0.342 e. The molecule has 0 aliphatic carbocycles. The molecule has 0 aromatic heterocycles. The predicted molar refractivity (Wildman–Crippen MR) is 175 cm³/mol. The van der Waals surface area contributed by atoms with Gasteiger partial charge in [0.2, 0.25) is 0 Å². The number of rotatable bonds is 16. The summed E-state index contributed by atoms with van der Waals surface area (Å²) in [6.45, 7) is 15.8. The van der Waals surface area contributed by atoms with Gasteiger partial charge < -0.3 is 19.6 Å². The summed E-state index contributed by atoms with van der Waals surface area (Å²) in [6, 6.07) is 0. The molecule has 2 aliphatic rings. The van der Waals surface area contributed by atoms with Crippen LogP contribution < -0.4 is 0 Å². The van der Waals surface area contributed by atoms with Gasteiger partial charge in [0, 0.05) is 49.9 Å². The molecule has 38 heavy (non-hydrogen) atoms. The molecule has 2 fully saturated rings. The SMILES string of the molecule is C.CCN1CC(=S)N(C(C)(C)CCCC(=O)CCCC(=O)CCCC(C)(C)N2C(=S)CN(CC)C2=S)C1=S. The van der Waals surface area contributed by atoms with Crippen LogP contribution in [-0.4, -0.2) is 88.6 Å². The molecule has 10 heteroatoms. The molecular weight excluding hydrogens is 553 g/mol. The average molecular weight is 601 g/mol. The second-order valence-corrected chi connectivity index (χ2v) is 13.0. The number of ketones is 2. The molecule has 2 aliphatic heterocycles. The van der Waals surface area contributed by atoms with E-state index in [1.165, 1.54) is 0 Å². The van der Waals surface area contributed by atoms with Gasteiger partial charge in [0.15, 0.2) is 10.2 Å². The summed E-state index contributed by atoms with van der Waals surface area (Å²) in [5, 5.41) is 1.58. The number of likely N-dealkylation sites (N-methyl/N-ethyl adjacent to an activating group) is 2. The van der Waals surface area contributed by atoms with Crippen LogP contribution in [0.2, 0.25) is 0 Å². The van der Waals surface area contributed by atoms with E-state index in [1.54, 1.807) is 0 Å². The highest BCUT2D eigenvalue weighted by Gasteiger charge is 2.39. The van der Waals surface area contributed by atoms with E-state index in [1.807, 2.05) is 0 Å². The van der Waals surface area contributed by atoms with Crippen molar-refractivity contribution in [3.8, 4) is 0 Å². The third kappa shape index (κ3) is 8.96. The van der Waals surface area contributed by atoms with Crippen molar-refractivity contribution in [3.05, 3.63) is 0 Å². The van der Waals surface area contributed by atoms with Gasteiger partial charge in [0.05, 0.1) is 13.1 Å². The molecule has 6 nitrogen and oxygen atoms in total. The number of nitrogens with zero attached hydrogens (tertiary/aromatic N) is 4. The average Bonchev–Trinajstić information content (AvgIpc) is 3.27. The number of carbonyl (C=O) groups is 2. The molecule has 0 N–H and O–H groups in total. The molecule has 2 saturated heterocycles. The van der Waals surface area contributed by atoms with E-state index in [0.29, 0.717) is 45.2 Å². The van der Waals surface area contributed by atoms with Crippen molar-refractivity contribution >= 4 is 80.6 Å². The molecule has 0 aromatic rings. The quantitative estimate of drug-likeness (QED) is 0.188. The van der Waals surface area contributed by atoms with Crippen molar-refractivity contribution in [3.63, 3.8) is 0 Å². The lowest BCUT2D eigenvalue weighted by Gasteiger charge is -2.37. The van der Waals surface area contributed by atoms with E-state index in [9.17, 15) is 9.59 Å². The van der Waals surface area contributed by atoms with Crippen LogP contribution in [0, 0.1) is 0 Å². The Kier molecular flexibility index (Phi) is 13.8. The zero-order valence-corrected chi connectivity index (χ0v) is 26.7. The molecule has 0 bridgehead atoms. The topological polar surface area (TPSA) is 47.1 Å². The summed E-state index contributed by atoms with van der Waals surface area (Å²) in [7, 11) is 0. The maximum absolute atomic E-state index is 12.4. The summed E-state index contributed by atoms with van der Waals surface area (Å²) in [4.78, 5) is 35.0. The van der Waals surface area contributed by atoms with Gasteiger partial charge in [0.1, 0.15) is 21.5 Å². The van der Waals surface area contributed by atoms with Crippen molar-refractivity contribution in [2.75, 3.05) is 26.2 Å². The summed E-state index contributed by atoms with van der Waals surface area (Å²) >= 11 is 22.4. The molecular formula is C28H48N4O2S4. The molecule has 0 radical (unpaired) electrons. The van der Waals surface area contributed by atoms with Gasteiger partial charge in [-0.25, -0.2) is 0 Å². The minimum atomic E-state index is -0.209. The van der Waals surface area contributed by atoms with E-state index in [0.717, 1.165) is 59.0 Å². The van der Waals surface area contributed by atoms with Crippen LogP contribution in [0.4, 0.5) is 0 Å². The highest BCUT2D eigenvalue weighted by molar-refractivity contribution is 7.82. The minimum absolute atomic E-state index is 0. The fraction of sp³-hybridized carbons (Fsp3) is 0.786. The van der Waals surface area contributed by atoms with Crippen LogP contribution in [-0.2, 0) is 9.59 Å². The first kappa shape index (κ1) is 34.9. The van der Waals surface area contributed by atoms with Crippen LogP contribution in [0.3, 0.4) is 0 Å². The normalized spacial score (nSPS) is 16.6. The zero-order chi connectivity index (χ0) is 28.0. The zero-order valence-electron chi connectivity index (χ0n) is 23.4. The van der Waals surface area contributed by atoms with Crippen molar-refractivity contribution in [1.82, 2.24) is 19.6 Å². The highest BCUT2D eigenvalue weighted by atomic mass is 32.1. The number of thiocarbonyl (C=S) groups is 4. The van der Waals surface area contributed by atoms with Crippen molar-refractivity contribution in [1.29, 1.82) is 0 Å². The number of hydrogen-bond acceptors (Lipinski definition) is 6. The van der Waals surface area contributed by atoms with Crippen molar-refractivity contribution in [2.45, 2.75) is 118 Å². The minimum Gasteiger partial charge on any atom is -0.342 e. The smallest absolute Gasteiger partial charge is 0.177 e. The first-order valence-electron chi connectivity index (χ1n) is 13.5. The Morgan fingerprint density at radius 3 is 1.26 bits per heavy atom. The van der Waals surface area contributed by atoms with Crippen LogP contribution in [0.1, 0.15) is 107 Å². The Morgan fingerprint density at radius 2 is 0.974 bits per heavy atom. The van der Waals surface area contributed by atoms with Crippen molar-refractivity contribution < 1.29 is 9.59 Å². The lowest BCUT2D eigenvalue weighted by molar-refractivity contribution is -0.120. The second-order valence-electron chi connectivity index (χ2n) is 11.3. The van der Waals surface area contributed by atoms with Crippen LogP contribution in [0.25, 0.3) is 0 Å². The van der Waals surface area contributed by atoms with E-state index in [2.05, 4.69) is 61.1 Å². The first-order valence-corrected chi connectivity index (χ1v) is 15.2. The van der Waals surface area contributed by atoms with Gasteiger partial charge in [-0.3, -0.25) is 9.59 Å². The summed E-state index contributed by atoms with van der Waals surface area (Å²) in [5.74, 6) is 0.450. The van der Waals surface area contributed by atoms with Gasteiger partial charge in [-0.05, 0) is 98.1 Å². The molecule has 0 aromatic carbocycles. The fourth-order valence-corrected chi connectivity index (χ4v) is 7.38. The lowest BCUT2D eigenvalue weighted by Crippen LogP contribution is -2.47. The highest BCUT2D eigenvalue weighted by Crippen LogP contribution is 2.29. The third-order valence-corrected chi connectivity index (χ3v) is 8.95. The maximum Gasteiger partial charge on any atom is 0.177 e. The van der Waals surface area contributed by atoms with Gasteiger partial charge in [-0.15, -0.1) is 0 Å². The van der Waals surface area contributed by atoms with Crippen LogP contribution in [0.5, 0.6) is 0 Å². The van der Waals surface area contributed by atoms with E-state index in [4.69, 9.17) is 48.9 Å². The van der Waals surface area contributed by atoms with Gasteiger partial charge in [0.25, 0.3) is 0 Å². The lowest BCUT2D eigenvalue weighted by atomic mass is 9.93. The molecule has 216 valence electrons. The van der Waals surface area contributed by atoms with E-state index >= 15 is 0 Å². The predicted octanol–water partition coefficient (Wildman–Crippen LogP) is 6.33. The summed E-state index contributed by atoms with van der Waals surface area (Å²) in [5.41, 5.74) is -0.418. The van der Waals surface area contributed by atoms with Crippen molar-refractivity contribution in [2.24, 2.45) is 0 Å². The molecule has 0 saturated carbocycles. The second kappa shape index (κ2) is 15.1. The van der Waals surface area contributed by atoms with Crippen LogP contribution >= 0.6 is 48.9 Å². The standard InChI is InChI=1S/C27H44N4O2S4.CH4/c1-7-28-18-22(34)30(24(28)36)26(3,4)16-10-14-20(32)12-9-13-21(33)15-11-17-27(5,6)31-23(35)19-29(8-2)25(31)37;/h7-19H2,1-6H3;1H4. The Balaban J connectivity index is 0.00000722. The summed E-state index contributed by atoms with van der Waals surface area (Å²) in [6.07, 6.45) is 5.87. The number of hydrogen-bond donors (Lipinski definition) is 0. The fourth-order valence-electron chi connectivity index (χ4n) is 5.18. The summed E-state index contributed by atoms with van der Waals surface area (Å²) < 4.78 is 0. The molecule has 0 amide bonds. The molecule has 0 spiro atoms. The van der Waals surface area contributed by atoms with Gasteiger partial charge in [-0.2, -0.15) is 0 Å². The van der Waals surface area contributed by atoms with Crippen LogP contribution in [0.15, 0.2) is 0 Å². The van der Waals surface area contributed by atoms with Gasteiger partial charge >= 0.3 is 0 Å². The Morgan fingerprint density at radius 1 is 0.658 bits per heavy atom. The number of Topliss-reactive ketones (excluding diaryl/α,β-unsaturated/α-hetero) is 2. The van der Waals surface area contributed by atoms with E-state index < -0.39 is 0 Å². The molecule has 2 rings (SSSR count). The monoisotopic (exact) mass is 600 g/mol. The Hall–Kier alpha value is -1.10. The molecule has 0 atom stereocenters. The maximum atomic E-state index is 12.4. The van der Waals surface area contributed by atoms with Gasteiger partial charge in [-0.1, -0.05) is 31.9 Å². The first-order chi connectivity index (χ1) is 17.2.